The number of hydrazone groups is 1. The Balaban J connectivity index is 2.02. The van der Waals surface area contributed by atoms with Crippen molar-refractivity contribution in [3.05, 3.63) is 46.1 Å². The van der Waals surface area contributed by atoms with Crippen LogP contribution in [-0.2, 0) is 4.79 Å². The van der Waals surface area contributed by atoms with Gasteiger partial charge in [-0.15, -0.1) is 0 Å². The number of ketones is 1. The molecule has 0 bridgehead atoms. The summed E-state index contributed by atoms with van der Waals surface area (Å²) < 4.78 is 0. The number of carbonyl (C=O) groups is 2. The lowest BCUT2D eigenvalue weighted by Crippen LogP contribution is -2.39. The molecule has 0 saturated carbocycles. The topological polar surface area (TPSA) is 61.8 Å². The summed E-state index contributed by atoms with van der Waals surface area (Å²) in [6.07, 6.45) is 4.27. The molecule has 0 aromatic heterocycles. The molecule has 1 heterocycles. The lowest BCUT2D eigenvalue weighted by molar-refractivity contribution is -0.125. The van der Waals surface area contributed by atoms with Gasteiger partial charge in [0.2, 0.25) is 5.91 Å². The van der Waals surface area contributed by atoms with Crippen molar-refractivity contribution in [3.63, 3.8) is 0 Å². The number of amides is 1. The van der Waals surface area contributed by atoms with Crippen molar-refractivity contribution in [1.82, 2.24) is 10.3 Å². The second kappa shape index (κ2) is 7.42. The average Bonchev–Trinajstić information content (AvgIpc) is 2.47. The van der Waals surface area contributed by atoms with Crippen LogP contribution in [0.1, 0.15) is 16.8 Å². The molecule has 1 aliphatic rings. The van der Waals surface area contributed by atoms with E-state index >= 15 is 0 Å². The summed E-state index contributed by atoms with van der Waals surface area (Å²) in [5.41, 5.74) is 2.75. The molecule has 0 saturated heterocycles. The number of allylic oxidation sites excluding steroid dienone is 1. The Morgan fingerprint density at radius 2 is 2.18 bits per heavy atom. The molecular formula is C15H15Cl2N3O2. The van der Waals surface area contributed by atoms with E-state index in [9.17, 15) is 9.59 Å². The van der Waals surface area contributed by atoms with Crippen LogP contribution in [0.15, 0.2) is 35.6 Å². The van der Waals surface area contributed by atoms with E-state index in [1.807, 2.05) is 12.3 Å². The molecule has 7 heteroatoms. The van der Waals surface area contributed by atoms with Gasteiger partial charge in [-0.2, -0.15) is 5.10 Å². The molecule has 0 aliphatic carbocycles. The molecule has 1 aromatic rings. The molecule has 5 nitrogen and oxygen atoms in total. The van der Waals surface area contributed by atoms with Crippen molar-refractivity contribution < 1.29 is 9.59 Å². The van der Waals surface area contributed by atoms with Crippen LogP contribution in [0.2, 0.25) is 10.0 Å². The largest absolute Gasteiger partial charge is 0.369 e. The molecule has 1 atom stereocenters. The summed E-state index contributed by atoms with van der Waals surface area (Å²) >= 11 is 11.9. The van der Waals surface area contributed by atoms with Gasteiger partial charge in [-0.3, -0.25) is 9.59 Å². The van der Waals surface area contributed by atoms with Crippen molar-refractivity contribution >= 4 is 41.6 Å². The summed E-state index contributed by atoms with van der Waals surface area (Å²) in [6.45, 7) is 3.81. The van der Waals surface area contributed by atoms with Gasteiger partial charge in [-0.1, -0.05) is 29.3 Å². The number of carbonyl (C=O) groups excluding carboxylic acids is 2. The third-order valence-corrected chi connectivity index (χ3v) is 3.88. The summed E-state index contributed by atoms with van der Waals surface area (Å²) in [7, 11) is 0. The normalized spacial score (nSPS) is 17.2. The SMILES string of the molecule is C=NNC(=O)C1CC=CN(CC(=O)c2ccc(Cl)cc2Cl)C1. The van der Waals surface area contributed by atoms with Crippen LogP contribution >= 0.6 is 23.2 Å². The first kappa shape index (κ1) is 16.5. The summed E-state index contributed by atoms with van der Waals surface area (Å²) in [5, 5.41) is 4.18. The van der Waals surface area contributed by atoms with Crippen molar-refractivity contribution in [2.45, 2.75) is 6.42 Å². The number of benzene rings is 1. The number of hydrogen-bond donors (Lipinski definition) is 1. The van der Waals surface area contributed by atoms with Crippen molar-refractivity contribution in [2.24, 2.45) is 11.0 Å². The van der Waals surface area contributed by atoms with Crippen LogP contribution in [0.4, 0.5) is 0 Å². The first-order chi connectivity index (χ1) is 10.5. The first-order valence-corrected chi connectivity index (χ1v) is 7.41. The maximum Gasteiger partial charge on any atom is 0.245 e. The van der Waals surface area contributed by atoms with E-state index in [4.69, 9.17) is 23.2 Å². The standard InChI is InChI=1S/C15H15Cl2N3O2/c1-18-19-15(22)10-3-2-6-20(8-10)9-14(21)12-5-4-11(16)7-13(12)17/h2,4-7,10H,1,3,8-9H2,(H,19,22). The molecule has 22 heavy (non-hydrogen) atoms. The minimum atomic E-state index is -0.260. The molecule has 0 fully saturated rings. The number of rotatable bonds is 5. The van der Waals surface area contributed by atoms with Crippen molar-refractivity contribution in [2.75, 3.05) is 13.1 Å². The van der Waals surface area contributed by atoms with Crippen LogP contribution in [0.3, 0.4) is 0 Å². The molecule has 2 rings (SSSR count). The number of halogens is 2. The predicted molar refractivity (Wildman–Crippen MR) is 87.3 cm³/mol. The van der Waals surface area contributed by atoms with E-state index in [-0.39, 0.29) is 24.2 Å². The molecule has 0 spiro atoms. The maximum absolute atomic E-state index is 12.3. The highest BCUT2D eigenvalue weighted by molar-refractivity contribution is 6.36. The quantitative estimate of drug-likeness (QED) is 0.509. The van der Waals surface area contributed by atoms with E-state index in [0.717, 1.165) is 0 Å². The molecule has 1 aromatic carbocycles. The van der Waals surface area contributed by atoms with Gasteiger partial charge >= 0.3 is 0 Å². The Labute approximate surface area is 138 Å². The zero-order chi connectivity index (χ0) is 16.1. The van der Waals surface area contributed by atoms with Crippen LogP contribution in [0.5, 0.6) is 0 Å². The van der Waals surface area contributed by atoms with E-state index in [2.05, 4.69) is 17.2 Å². The molecule has 1 N–H and O–H groups in total. The zero-order valence-electron chi connectivity index (χ0n) is 11.8. The second-order valence-corrected chi connectivity index (χ2v) is 5.77. The maximum atomic E-state index is 12.3. The summed E-state index contributed by atoms with van der Waals surface area (Å²) in [4.78, 5) is 25.9. The third kappa shape index (κ3) is 4.08. The highest BCUT2D eigenvalue weighted by Crippen LogP contribution is 2.22. The van der Waals surface area contributed by atoms with Crippen LogP contribution in [0.25, 0.3) is 0 Å². The molecule has 1 unspecified atom stereocenters. The van der Waals surface area contributed by atoms with Gasteiger partial charge in [0, 0.05) is 23.8 Å². The Morgan fingerprint density at radius 1 is 1.41 bits per heavy atom. The predicted octanol–water partition coefficient (Wildman–Crippen LogP) is 2.74. The molecule has 116 valence electrons. The molecular weight excluding hydrogens is 325 g/mol. The molecule has 1 aliphatic heterocycles. The monoisotopic (exact) mass is 339 g/mol. The molecule has 0 radical (unpaired) electrons. The number of nitrogens with one attached hydrogen (secondary N) is 1. The third-order valence-electron chi connectivity index (χ3n) is 3.33. The van der Waals surface area contributed by atoms with E-state index < -0.39 is 0 Å². The van der Waals surface area contributed by atoms with Crippen LogP contribution in [0, 0.1) is 5.92 Å². The second-order valence-electron chi connectivity index (χ2n) is 4.93. The first-order valence-electron chi connectivity index (χ1n) is 6.66. The van der Waals surface area contributed by atoms with Gasteiger partial charge in [0.1, 0.15) is 0 Å². The van der Waals surface area contributed by atoms with Crippen molar-refractivity contribution in [3.8, 4) is 0 Å². The van der Waals surface area contributed by atoms with Gasteiger partial charge in [-0.25, -0.2) is 5.43 Å². The fraction of sp³-hybridized carbons (Fsp3) is 0.267. The minimum Gasteiger partial charge on any atom is -0.369 e. The lowest BCUT2D eigenvalue weighted by atomic mass is 10.0. The number of nitrogens with zero attached hydrogens (tertiary/aromatic N) is 2. The minimum absolute atomic E-state index is 0.130. The summed E-state index contributed by atoms with van der Waals surface area (Å²) in [6, 6.07) is 4.76. The number of Topliss-reactive ketones (excluding diaryl/α,β-unsaturated/α-hetero) is 1. The summed E-state index contributed by atoms with van der Waals surface area (Å²) in [5.74, 6) is -0.598. The van der Waals surface area contributed by atoms with Gasteiger partial charge in [-0.05, 0) is 30.8 Å². The van der Waals surface area contributed by atoms with Gasteiger partial charge < -0.3 is 4.90 Å². The lowest BCUT2D eigenvalue weighted by Gasteiger charge is -2.28. The fourth-order valence-corrected chi connectivity index (χ4v) is 2.77. The Morgan fingerprint density at radius 3 is 2.86 bits per heavy atom. The van der Waals surface area contributed by atoms with Crippen LogP contribution < -0.4 is 5.43 Å². The van der Waals surface area contributed by atoms with E-state index in [0.29, 0.717) is 28.6 Å². The van der Waals surface area contributed by atoms with Crippen molar-refractivity contribution in [1.29, 1.82) is 0 Å². The van der Waals surface area contributed by atoms with E-state index in [1.165, 1.54) is 6.07 Å². The van der Waals surface area contributed by atoms with Gasteiger partial charge in [0.25, 0.3) is 0 Å². The van der Waals surface area contributed by atoms with Gasteiger partial charge in [0.15, 0.2) is 5.78 Å². The Kier molecular flexibility index (Phi) is 5.57. The van der Waals surface area contributed by atoms with E-state index in [1.54, 1.807) is 17.0 Å². The highest BCUT2D eigenvalue weighted by atomic mass is 35.5. The molecule has 1 amide bonds. The van der Waals surface area contributed by atoms with Crippen LogP contribution in [-0.4, -0.2) is 36.4 Å². The zero-order valence-corrected chi connectivity index (χ0v) is 13.3. The number of hydrogen-bond acceptors (Lipinski definition) is 4. The smallest absolute Gasteiger partial charge is 0.245 e. The Hall–Kier alpha value is -1.85. The van der Waals surface area contributed by atoms with Gasteiger partial charge in [0.05, 0.1) is 17.5 Å². The Bertz CT molecular complexity index is 631. The fourth-order valence-electron chi connectivity index (χ4n) is 2.25. The average molecular weight is 340 g/mol. The highest BCUT2D eigenvalue weighted by Gasteiger charge is 2.24.